The molecule has 0 aliphatic carbocycles. The number of ether oxygens (including phenoxy) is 2. The molecule has 0 fully saturated rings. The van der Waals surface area contributed by atoms with Crippen molar-refractivity contribution in [2.24, 2.45) is 0 Å². The van der Waals surface area contributed by atoms with Crippen molar-refractivity contribution in [2.75, 3.05) is 6.79 Å². The van der Waals surface area contributed by atoms with Gasteiger partial charge in [-0.1, -0.05) is 11.6 Å². The molecule has 1 aliphatic heterocycles. The smallest absolute Gasteiger partial charge is 0.231 e. The normalized spacial score (nSPS) is 13.1. The molecule has 3 aromatic rings. The lowest BCUT2D eigenvalue weighted by molar-refractivity contribution is 0.174. The van der Waals surface area contributed by atoms with Gasteiger partial charge in [-0.05, 0) is 13.0 Å². The molecule has 0 bridgehead atoms. The van der Waals surface area contributed by atoms with Crippen LogP contribution in [0.15, 0.2) is 18.3 Å². The minimum Gasteiger partial charge on any atom is -0.454 e. The first-order chi connectivity index (χ1) is 9.70. The quantitative estimate of drug-likeness (QED) is 0.645. The van der Waals surface area contributed by atoms with E-state index in [4.69, 9.17) is 21.1 Å². The van der Waals surface area contributed by atoms with Crippen LogP contribution in [0.25, 0.3) is 21.6 Å². The molecule has 0 saturated carbocycles. The SMILES string of the molecule is Cc1ncc(-c2nc(Cl)c3cc4c(cc3n2)OCO4)s1. The molecule has 0 N–H and O–H groups in total. The molecule has 0 saturated heterocycles. The molecule has 1 aromatic carbocycles. The Morgan fingerprint density at radius 2 is 2.00 bits per heavy atom. The number of aryl methyl sites for hydroxylation is 1. The van der Waals surface area contributed by atoms with Crippen LogP contribution in [0, 0.1) is 6.92 Å². The fourth-order valence-electron chi connectivity index (χ4n) is 2.06. The Bertz CT molecular complexity index is 834. The maximum Gasteiger partial charge on any atom is 0.231 e. The summed E-state index contributed by atoms with van der Waals surface area (Å²) in [6, 6.07) is 3.63. The van der Waals surface area contributed by atoms with Gasteiger partial charge in [-0.2, -0.15) is 0 Å². The molecule has 5 nitrogen and oxygen atoms in total. The largest absolute Gasteiger partial charge is 0.454 e. The van der Waals surface area contributed by atoms with Crippen LogP contribution in [0.2, 0.25) is 5.15 Å². The third-order valence-electron chi connectivity index (χ3n) is 2.99. The van der Waals surface area contributed by atoms with Crippen molar-refractivity contribution >= 4 is 33.8 Å². The lowest BCUT2D eigenvalue weighted by Gasteiger charge is -2.04. The summed E-state index contributed by atoms with van der Waals surface area (Å²) in [5.41, 5.74) is 0.732. The van der Waals surface area contributed by atoms with Crippen molar-refractivity contribution < 1.29 is 9.47 Å². The van der Waals surface area contributed by atoms with Gasteiger partial charge in [0.2, 0.25) is 6.79 Å². The summed E-state index contributed by atoms with van der Waals surface area (Å²) in [7, 11) is 0. The maximum absolute atomic E-state index is 6.26. The van der Waals surface area contributed by atoms with E-state index in [2.05, 4.69) is 15.0 Å². The van der Waals surface area contributed by atoms with Gasteiger partial charge in [-0.15, -0.1) is 11.3 Å². The van der Waals surface area contributed by atoms with Crippen molar-refractivity contribution in [3.05, 3.63) is 28.5 Å². The van der Waals surface area contributed by atoms with Crippen LogP contribution in [0.4, 0.5) is 0 Å². The van der Waals surface area contributed by atoms with Crippen molar-refractivity contribution in [2.45, 2.75) is 6.92 Å². The average Bonchev–Trinajstić information content (AvgIpc) is 3.04. The van der Waals surface area contributed by atoms with Gasteiger partial charge < -0.3 is 9.47 Å². The lowest BCUT2D eigenvalue weighted by Crippen LogP contribution is -1.92. The molecule has 7 heteroatoms. The predicted octanol–water partition coefficient (Wildman–Crippen LogP) is 3.44. The van der Waals surface area contributed by atoms with E-state index in [-0.39, 0.29) is 6.79 Å². The number of benzene rings is 1. The van der Waals surface area contributed by atoms with Crippen LogP contribution in [0.5, 0.6) is 11.5 Å². The van der Waals surface area contributed by atoms with Gasteiger partial charge in [0.1, 0.15) is 5.15 Å². The first-order valence-electron chi connectivity index (χ1n) is 5.90. The highest BCUT2D eigenvalue weighted by molar-refractivity contribution is 7.14. The molecular formula is C13H8ClN3O2S. The maximum atomic E-state index is 6.26. The number of nitrogens with zero attached hydrogens (tertiary/aromatic N) is 3. The highest BCUT2D eigenvalue weighted by atomic mass is 35.5. The summed E-state index contributed by atoms with van der Waals surface area (Å²) in [5, 5.41) is 2.11. The van der Waals surface area contributed by atoms with E-state index in [1.54, 1.807) is 6.20 Å². The second-order valence-corrected chi connectivity index (χ2v) is 5.90. The van der Waals surface area contributed by atoms with Crippen molar-refractivity contribution in [1.29, 1.82) is 0 Å². The molecule has 0 atom stereocenters. The van der Waals surface area contributed by atoms with Crippen molar-refractivity contribution in [3.8, 4) is 22.2 Å². The number of hydrogen-bond donors (Lipinski definition) is 0. The van der Waals surface area contributed by atoms with E-state index in [9.17, 15) is 0 Å². The van der Waals surface area contributed by atoms with Gasteiger partial charge in [0.05, 0.1) is 15.4 Å². The molecule has 3 heterocycles. The Hall–Kier alpha value is -1.92. The van der Waals surface area contributed by atoms with Gasteiger partial charge in [0.15, 0.2) is 17.3 Å². The summed E-state index contributed by atoms with van der Waals surface area (Å²) >= 11 is 7.79. The lowest BCUT2D eigenvalue weighted by atomic mass is 10.2. The standard InChI is InChI=1S/C13H8ClN3O2S/c1-6-15-4-11(20-6)13-16-8-3-10-9(18-5-19-10)2-7(8)12(14)17-13/h2-4H,5H2,1H3. The Morgan fingerprint density at radius 1 is 1.20 bits per heavy atom. The van der Waals surface area contributed by atoms with Gasteiger partial charge in [0, 0.05) is 17.6 Å². The van der Waals surface area contributed by atoms with Crippen LogP contribution in [0.1, 0.15) is 5.01 Å². The number of aromatic nitrogens is 3. The average molecular weight is 306 g/mol. The van der Waals surface area contributed by atoms with E-state index in [1.165, 1.54) is 11.3 Å². The molecule has 0 radical (unpaired) electrons. The van der Waals surface area contributed by atoms with Gasteiger partial charge in [0.25, 0.3) is 0 Å². The Labute approximate surface area is 123 Å². The fraction of sp³-hybridized carbons (Fsp3) is 0.154. The first kappa shape index (κ1) is 11.9. The fourth-order valence-corrected chi connectivity index (χ4v) is 3.00. The summed E-state index contributed by atoms with van der Waals surface area (Å²) < 4.78 is 10.7. The van der Waals surface area contributed by atoms with Crippen LogP contribution in [-0.4, -0.2) is 21.7 Å². The summed E-state index contributed by atoms with van der Waals surface area (Å²) in [6.07, 6.45) is 1.75. The molecule has 0 spiro atoms. The zero-order valence-electron chi connectivity index (χ0n) is 10.4. The van der Waals surface area contributed by atoms with Gasteiger partial charge in [-0.3, -0.25) is 0 Å². The molecular weight excluding hydrogens is 298 g/mol. The molecule has 1 aliphatic rings. The van der Waals surface area contributed by atoms with Crippen molar-refractivity contribution in [1.82, 2.24) is 15.0 Å². The van der Waals surface area contributed by atoms with Crippen molar-refractivity contribution in [3.63, 3.8) is 0 Å². The summed E-state index contributed by atoms with van der Waals surface area (Å²) in [4.78, 5) is 14.0. The molecule has 0 unspecified atom stereocenters. The van der Waals surface area contributed by atoms with Crippen LogP contribution >= 0.6 is 22.9 Å². The van der Waals surface area contributed by atoms with E-state index < -0.39 is 0 Å². The zero-order chi connectivity index (χ0) is 13.7. The Morgan fingerprint density at radius 3 is 2.75 bits per heavy atom. The monoisotopic (exact) mass is 305 g/mol. The second kappa shape index (κ2) is 4.29. The van der Waals surface area contributed by atoms with Gasteiger partial charge >= 0.3 is 0 Å². The van der Waals surface area contributed by atoms with E-state index in [0.717, 1.165) is 20.8 Å². The second-order valence-electron chi connectivity index (χ2n) is 4.30. The predicted molar refractivity (Wildman–Crippen MR) is 76.5 cm³/mol. The molecule has 20 heavy (non-hydrogen) atoms. The summed E-state index contributed by atoms with van der Waals surface area (Å²) in [5.74, 6) is 1.93. The summed E-state index contributed by atoms with van der Waals surface area (Å²) in [6.45, 7) is 2.16. The van der Waals surface area contributed by atoms with E-state index >= 15 is 0 Å². The molecule has 4 rings (SSSR count). The molecule has 2 aromatic heterocycles. The van der Waals surface area contributed by atoms with E-state index in [1.807, 2.05) is 19.1 Å². The zero-order valence-corrected chi connectivity index (χ0v) is 12.0. The number of rotatable bonds is 1. The minimum atomic E-state index is 0.220. The Balaban J connectivity index is 1.95. The highest BCUT2D eigenvalue weighted by Crippen LogP contribution is 2.38. The number of thiazole rings is 1. The van der Waals surface area contributed by atoms with Crippen LogP contribution < -0.4 is 9.47 Å². The topological polar surface area (TPSA) is 57.1 Å². The highest BCUT2D eigenvalue weighted by Gasteiger charge is 2.18. The third kappa shape index (κ3) is 1.80. The van der Waals surface area contributed by atoms with Gasteiger partial charge in [-0.25, -0.2) is 15.0 Å². The molecule has 100 valence electrons. The van der Waals surface area contributed by atoms with Crippen LogP contribution in [0.3, 0.4) is 0 Å². The first-order valence-corrected chi connectivity index (χ1v) is 7.10. The van der Waals surface area contributed by atoms with Crippen LogP contribution in [-0.2, 0) is 0 Å². The Kier molecular flexibility index (Phi) is 2.55. The third-order valence-corrected chi connectivity index (χ3v) is 4.18. The number of hydrogen-bond acceptors (Lipinski definition) is 6. The number of fused-ring (bicyclic) bond motifs is 2. The number of halogens is 1. The minimum absolute atomic E-state index is 0.220. The molecule has 0 amide bonds. The van der Waals surface area contributed by atoms with E-state index in [0.29, 0.717) is 22.5 Å².